The minimum absolute atomic E-state index is 0.191. The first kappa shape index (κ1) is 22.0. The molecule has 0 aliphatic rings. The number of ether oxygens (including phenoxy) is 1. The summed E-state index contributed by atoms with van der Waals surface area (Å²) < 4.78 is 5.22. The van der Waals surface area contributed by atoms with Crippen molar-refractivity contribution < 1.29 is 14.3 Å². The predicted molar refractivity (Wildman–Crippen MR) is 105 cm³/mol. The van der Waals surface area contributed by atoms with Gasteiger partial charge in [-0.05, 0) is 64.0 Å². The van der Waals surface area contributed by atoms with Crippen LogP contribution in [-0.2, 0) is 22.4 Å². The highest BCUT2D eigenvalue weighted by Crippen LogP contribution is 2.12. The van der Waals surface area contributed by atoms with E-state index in [4.69, 9.17) is 4.74 Å². The van der Waals surface area contributed by atoms with Gasteiger partial charge in [-0.25, -0.2) is 4.79 Å². The van der Waals surface area contributed by atoms with Crippen LogP contribution in [0.2, 0.25) is 0 Å². The minimum atomic E-state index is -0.463. The topological polar surface area (TPSA) is 58.6 Å². The molecule has 2 amide bonds. The second-order valence-corrected chi connectivity index (χ2v) is 7.85. The number of rotatable bonds is 9. The highest BCUT2D eigenvalue weighted by Gasteiger charge is 2.15. The van der Waals surface area contributed by atoms with Crippen LogP contribution in [0.3, 0.4) is 0 Å². The second kappa shape index (κ2) is 10.8. The van der Waals surface area contributed by atoms with Gasteiger partial charge in [0.1, 0.15) is 5.60 Å². The number of aryl methyl sites for hydroxylation is 2. The summed E-state index contributed by atoms with van der Waals surface area (Å²) in [7, 11) is 3.59. The Hall–Kier alpha value is -2.04. The van der Waals surface area contributed by atoms with E-state index in [0.717, 1.165) is 32.1 Å². The van der Waals surface area contributed by atoms with E-state index in [1.807, 2.05) is 20.8 Å². The molecule has 1 aromatic carbocycles. The van der Waals surface area contributed by atoms with Gasteiger partial charge in [0.15, 0.2) is 0 Å². The Morgan fingerprint density at radius 3 is 2.23 bits per heavy atom. The fraction of sp³-hybridized carbons (Fsp3) is 0.619. The summed E-state index contributed by atoms with van der Waals surface area (Å²) in [6.07, 6.45) is 4.97. The molecule has 0 fully saturated rings. The lowest BCUT2D eigenvalue weighted by molar-refractivity contribution is -0.128. The van der Waals surface area contributed by atoms with Crippen molar-refractivity contribution in [2.75, 3.05) is 20.6 Å². The summed E-state index contributed by atoms with van der Waals surface area (Å²) in [5.74, 6) is 0.191. The third-order valence-corrected chi connectivity index (χ3v) is 3.91. The van der Waals surface area contributed by atoms with Gasteiger partial charge in [-0.15, -0.1) is 0 Å². The molecule has 0 aromatic heterocycles. The largest absolute Gasteiger partial charge is 0.444 e. The number of benzene rings is 1. The van der Waals surface area contributed by atoms with E-state index < -0.39 is 5.60 Å². The zero-order valence-corrected chi connectivity index (χ0v) is 16.9. The number of hydrogen-bond acceptors (Lipinski definition) is 3. The van der Waals surface area contributed by atoms with Crippen molar-refractivity contribution in [3.05, 3.63) is 35.4 Å². The smallest absolute Gasteiger partial charge is 0.407 e. The molecule has 0 aliphatic carbocycles. The number of carbonyl (C=O) groups is 2. The molecule has 5 nitrogen and oxygen atoms in total. The molecule has 0 heterocycles. The maximum Gasteiger partial charge on any atom is 0.407 e. The van der Waals surface area contributed by atoms with Crippen molar-refractivity contribution in [2.24, 2.45) is 0 Å². The minimum Gasteiger partial charge on any atom is -0.444 e. The normalized spacial score (nSPS) is 11.1. The standard InChI is InChI=1S/C21H34N2O3/c1-21(2,3)26-20(25)22-15-9-13-18-12-8-11-17(16-18)10-6-7-14-19(24)23(4)5/h8,11-12,16H,6-7,9-10,13-15H2,1-5H3,(H,22,25). The average Bonchev–Trinajstić information content (AvgIpc) is 2.54. The average molecular weight is 363 g/mol. The number of hydrogen-bond donors (Lipinski definition) is 1. The monoisotopic (exact) mass is 362 g/mol. The van der Waals surface area contributed by atoms with Crippen LogP contribution in [0.4, 0.5) is 4.79 Å². The van der Waals surface area contributed by atoms with Gasteiger partial charge in [0.05, 0.1) is 0 Å². The van der Waals surface area contributed by atoms with Crippen molar-refractivity contribution >= 4 is 12.0 Å². The van der Waals surface area contributed by atoms with Crippen molar-refractivity contribution in [2.45, 2.75) is 64.9 Å². The van der Waals surface area contributed by atoms with Crippen LogP contribution in [0.1, 0.15) is 57.6 Å². The van der Waals surface area contributed by atoms with E-state index in [2.05, 4.69) is 29.6 Å². The first-order valence-corrected chi connectivity index (χ1v) is 9.42. The van der Waals surface area contributed by atoms with Crippen molar-refractivity contribution in [3.63, 3.8) is 0 Å². The Kier molecular flexibility index (Phi) is 9.17. The molecule has 0 atom stereocenters. The Morgan fingerprint density at radius 2 is 1.65 bits per heavy atom. The first-order valence-electron chi connectivity index (χ1n) is 9.42. The molecular weight excluding hydrogens is 328 g/mol. The zero-order valence-electron chi connectivity index (χ0n) is 16.9. The van der Waals surface area contributed by atoms with Gasteiger partial charge in [-0.2, -0.15) is 0 Å². The molecule has 26 heavy (non-hydrogen) atoms. The van der Waals surface area contributed by atoms with Gasteiger partial charge in [0.2, 0.25) is 5.91 Å². The lowest BCUT2D eigenvalue weighted by Crippen LogP contribution is -2.33. The molecular formula is C21H34N2O3. The highest BCUT2D eigenvalue weighted by molar-refractivity contribution is 5.75. The van der Waals surface area contributed by atoms with Crippen molar-refractivity contribution in [3.8, 4) is 0 Å². The number of alkyl carbamates (subject to hydrolysis) is 1. The summed E-state index contributed by atoms with van der Waals surface area (Å²) in [5.41, 5.74) is 2.12. The van der Waals surface area contributed by atoms with Crippen molar-refractivity contribution in [1.29, 1.82) is 0 Å². The van der Waals surface area contributed by atoms with Gasteiger partial charge in [-0.3, -0.25) is 4.79 Å². The van der Waals surface area contributed by atoms with Gasteiger partial charge in [0, 0.05) is 27.1 Å². The predicted octanol–water partition coefficient (Wildman–Crippen LogP) is 3.94. The van der Waals surface area contributed by atoms with Crippen LogP contribution >= 0.6 is 0 Å². The third-order valence-electron chi connectivity index (χ3n) is 3.91. The molecule has 0 saturated carbocycles. The van der Waals surface area contributed by atoms with Crippen LogP contribution in [0.5, 0.6) is 0 Å². The lowest BCUT2D eigenvalue weighted by Gasteiger charge is -2.19. The Labute approximate surface area is 158 Å². The van der Waals surface area contributed by atoms with Crippen molar-refractivity contribution in [1.82, 2.24) is 10.2 Å². The summed E-state index contributed by atoms with van der Waals surface area (Å²) in [6, 6.07) is 8.56. The quantitative estimate of drug-likeness (QED) is 0.677. The fourth-order valence-corrected chi connectivity index (χ4v) is 2.57. The fourth-order valence-electron chi connectivity index (χ4n) is 2.57. The summed E-state index contributed by atoms with van der Waals surface area (Å²) in [5, 5.41) is 2.79. The highest BCUT2D eigenvalue weighted by atomic mass is 16.6. The van der Waals surface area contributed by atoms with Crippen LogP contribution in [0.15, 0.2) is 24.3 Å². The van der Waals surface area contributed by atoms with Gasteiger partial charge < -0.3 is 15.0 Å². The number of unbranched alkanes of at least 4 members (excludes halogenated alkanes) is 1. The zero-order chi connectivity index (χ0) is 19.6. The Balaban J connectivity index is 2.27. The molecule has 5 heteroatoms. The van der Waals surface area contributed by atoms with E-state index in [9.17, 15) is 9.59 Å². The van der Waals surface area contributed by atoms with E-state index in [1.165, 1.54) is 11.1 Å². The molecule has 1 N–H and O–H groups in total. The number of carbonyl (C=O) groups excluding carboxylic acids is 2. The maximum atomic E-state index is 11.6. The molecule has 146 valence electrons. The number of nitrogens with one attached hydrogen (secondary N) is 1. The molecule has 0 spiro atoms. The molecule has 0 aliphatic heterocycles. The SMILES string of the molecule is CN(C)C(=O)CCCCc1cccc(CCCNC(=O)OC(C)(C)C)c1. The summed E-state index contributed by atoms with van der Waals surface area (Å²) in [4.78, 5) is 24.8. The number of nitrogens with zero attached hydrogens (tertiary/aromatic N) is 1. The lowest BCUT2D eigenvalue weighted by atomic mass is 10.0. The van der Waals surface area contributed by atoms with Crippen LogP contribution in [0, 0.1) is 0 Å². The van der Waals surface area contributed by atoms with E-state index >= 15 is 0 Å². The third kappa shape index (κ3) is 10.1. The van der Waals surface area contributed by atoms with E-state index in [-0.39, 0.29) is 12.0 Å². The van der Waals surface area contributed by atoms with Crippen LogP contribution < -0.4 is 5.32 Å². The molecule has 0 radical (unpaired) electrons. The summed E-state index contributed by atoms with van der Waals surface area (Å²) in [6.45, 7) is 6.17. The van der Waals surface area contributed by atoms with Crippen LogP contribution in [-0.4, -0.2) is 43.1 Å². The molecule has 0 saturated heterocycles. The number of amides is 2. The maximum absolute atomic E-state index is 11.6. The van der Waals surface area contributed by atoms with Gasteiger partial charge >= 0.3 is 6.09 Å². The molecule has 1 aromatic rings. The molecule has 0 unspecified atom stereocenters. The second-order valence-electron chi connectivity index (χ2n) is 7.85. The van der Waals surface area contributed by atoms with Gasteiger partial charge in [-0.1, -0.05) is 24.3 Å². The van der Waals surface area contributed by atoms with Crippen LogP contribution in [0.25, 0.3) is 0 Å². The van der Waals surface area contributed by atoms with Gasteiger partial charge in [0.25, 0.3) is 0 Å². The Bertz CT molecular complexity index is 577. The Morgan fingerprint density at radius 1 is 1.04 bits per heavy atom. The van der Waals surface area contributed by atoms with E-state index in [0.29, 0.717) is 13.0 Å². The molecule has 0 bridgehead atoms. The molecule has 1 rings (SSSR count). The van der Waals surface area contributed by atoms with E-state index in [1.54, 1.807) is 19.0 Å². The summed E-state index contributed by atoms with van der Waals surface area (Å²) >= 11 is 0. The first-order chi connectivity index (χ1) is 12.2.